The fourth-order valence-electron chi connectivity index (χ4n) is 3.05. The van der Waals surface area contributed by atoms with Gasteiger partial charge >= 0.3 is 5.97 Å². The van der Waals surface area contributed by atoms with Crippen LogP contribution in [0.1, 0.15) is 32.1 Å². The monoisotopic (exact) mass is 270 g/mol. The van der Waals surface area contributed by atoms with Gasteiger partial charge < -0.3 is 20.5 Å². The third-order valence-corrected chi connectivity index (χ3v) is 4.28. The lowest BCUT2D eigenvalue weighted by Crippen LogP contribution is -2.55. The Balaban J connectivity index is 2.06. The number of morpholine rings is 1. The third-order valence-electron chi connectivity index (χ3n) is 4.28. The van der Waals surface area contributed by atoms with E-state index < -0.39 is 17.5 Å². The average molecular weight is 270 g/mol. The fraction of sp³-hybridized carbons (Fsp3) is 0.846. The molecule has 0 spiro atoms. The first-order chi connectivity index (χ1) is 9.09. The number of rotatable bonds is 3. The quantitative estimate of drug-likeness (QED) is 0.764. The summed E-state index contributed by atoms with van der Waals surface area (Å²) in [4.78, 5) is 25.3. The minimum absolute atomic E-state index is 0.0178. The van der Waals surface area contributed by atoms with E-state index in [-0.39, 0.29) is 19.1 Å². The van der Waals surface area contributed by atoms with E-state index in [1.165, 1.54) is 0 Å². The van der Waals surface area contributed by atoms with Crippen molar-refractivity contribution >= 4 is 11.9 Å². The van der Waals surface area contributed by atoms with Gasteiger partial charge in [-0.25, -0.2) is 4.79 Å². The van der Waals surface area contributed by atoms with Crippen LogP contribution in [-0.2, 0) is 14.3 Å². The smallest absolute Gasteiger partial charge is 0.334 e. The molecule has 1 aliphatic carbocycles. The molecule has 0 aromatic heterocycles. The molecule has 2 rings (SSSR count). The standard InChI is InChI=1S/C13H22N2O4/c14-9-13(4-2-1-3-5-13)12(18)15-6-7-19-10(8-15)11(16)17/h10H,1-9,14H2,(H,16,17). The summed E-state index contributed by atoms with van der Waals surface area (Å²) in [5.41, 5.74) is 5.37. The Morgan fingerprint density at radius 1 is 1.32 bits per heavy atom. The molecule has 2 aliphatic rings. The van der Waals surface area contributed by atoms with Crippen molar-refractivity contribution in [3.63, 3.8) is 0 Å². The molecule has 1 unspecified atom stereocenters. The highest BCUT2D eigenvalue weighted by atomic mass is 16.5. The summed E-state index contributed by atoms with van der Waals surface area (Å²) in [5.74, 6) is -0.993. The molecule has 1 atom stereocenters. The van der Waals surface area contributed by atoms with E-state index in [1.54, 1.807) is 4.90 Å². The second-order valence-corrected chi connectivity index (χ2v) is 5.49. The molecular formula is C13H22N2O4. The highest BCUT2D eigenvalue weighted by Crippen LogP contribution is 2.37. The van der Waals surface area contributed by atoms with Crippen molar-refractivity contribution in [1.82, 2.24) is 4.90 Å². The molecular weight excluding hydrogens is 248 g/mol. The van der Waals surface area contributed by atoms with Crippen molar-refractivity contribution in [1.29, 1.82) is 0 Å². The highest BCUT2D eigenvalue weighted by Gasteiger charge is 2.42. The van der Waals surface area contributed by atoms with Gasteiger partial charge in [0.05, 0.1) is 18.6 Å². The van der Waals surface area contributed by atoms with Crippen molar-refractivity contribution in [2.24, 2.45) is 11.1 Å². The number of carboxylic acid groups (broad SMARTS) is 1. The van der Waals surface area contributed by atoms with Crippen LogP contribution < -0.4 is 5.73 Å². The molecule has 108 valence electrons. The zero-order valence-corrected chi connectivity index (χ0v) is 11.1. The third kappa shape index (κ3) is 2.90. The van der Waals surface area contributed by atoms with E-state index in [0.29, 0.717) is 13.1 Å². The van der Waals surface area contributed by atoms with Gasteiger partial charge in [-0.1, -0.05) is 19.3 Å². The lowest BCUT2D eigenvalue weighted by atomic mass is 9.73. The first kappa shape index (κ1) is 14.3. The Kier molecular flexibility index (Phi) is 4.42. The zero-order valence-electron chi connectivity index (χ0n) is 11.1. The van der Waals surface area contributed by atoms with Gasteiger partial charge in [-0.3, -0.25) is 4.79 Å². The van der Waals surface area contributed by atoms with Gasteiger partial charge in [0, 0.05) is 13.1 Å². The molecule has 1 saturated carbocycles. The number of nitrogens with zero attached hydrogens (tertiary/aromatic N) is 1. The molecule has 1 saturated heterocycles. The Morgan fingerprint density at radius 3 is 2.58 bits per heavy atom. The van der Waals surface area contributed by atoms with Gasteiger partial charge in [-0.15, -0.1) is 0 Å². The SMILES string of the molecule is NCC1(C(=O)N2CCOC(C(=O)O)C2)CCCCC1. The van der Waals surface area contributed by atoms with Crippen LogP contribution in [0.5, 0.6) is 0 Å². The van der Waals surface area contributed by atoms with Crippen LogP contribution >= 0.6 is 0 Å². The molecule has 0 aromatic rings. The van der Waals surface area contributed by atoms with Crippen LogP contribution in [-0.4, -0.2) is 54.2 Å². The van der Waals surface area contributed by atoms with Crippen LogP contribution in [0.25, 0.3) is 0 Å². The molecule has 2 fully saturated rings. The molecule has 3 N–H and O–H groups in total. The highest BCUT2D eigenvalue weighted by molar-refractivity contribution is 5.84. The van der Waals surface area contributed by atoms with Crippen LogP contribution in [0.3, 0.4) is 0 Å². The molecule has 0 aromatic carbocycles. The maximum atomic E-state index is 12.7. The lowest BCUT2D eigenvalue weighted by Gasteiger charge is -2.41. The van der Waals surface area contributed by atoms with Crippen molar-refractivity contribution in [3.05, 3.63) is 0 Å². The molecule has 1 aliphatic heterocycles. The van der Waals surface area contributed by atoms with Gasteiger partial charge in [-0.2, -0.15) is 0 Å². The summed E-state index contributed by atoms with van der Waals surface area (Å²) >= 11 is 0. The second kappa shape index (κ2) is 5.88. The number of aliphatic carboxylic acids is 1. The largest absolute Gasteiger partial charge is 0.479 e. The maximum absolute atomic E-state index is 12.7. The molecule has 19 heavy (non-hydrogen) atoms. The summed E-state index contributed by atoms with van der Waals surface area (Å²) in [6, 6.07) is 0. The number of hydrogen-bond acceptors (Lipinski definition) is 4. The fourth-order valence-corrected chi connectivity index (χ4v) is 3.05. The van der Waals surface area contributed by atoms with E-state index in [2.05, 4.69) is 0 Å². The number of nitrogens with two attached hydrogens (primary N) is 1. The average Bonchev–Trinajstić information content (AvgIpc) is 2.47. The zero-order chi connectivity index (χ0) is 13.9. The van der Waals surface area contributed by atoms with E-state index in [1.807, 2.05) is 0 Å². The Bertz CT molecular complexity index is 353. The minimum atomic E-state index is -1.01. The molecule has 0 radical (unpaired) electrons. The summed E-state index contributed by atoms with van der Waals surface area (Å²) in [7, 11) is 0. The molecule has 1 amide bonds. The summed E-state index contributed by atoms with van der Waals surface area (Å²) < 4.78 is 5.15. The van der Waals surface area contributed by atoms with Gasteiger partial charge in [-0.05, 0) is 12.8 Å². The molecule has 6 nitrogen and oxygen atoms in total. The number of amides is 1. The number of carbonyl (C=O) groups is 2. The van der Waals surface area contributed by atoms with Gasteiger partial charge in [0.15, 0.2) is 6.10 Å². The minimum Gasteiger partial charge on any atom is -0.479 e. The molecule has 6 heteroatoms. The Hall–Kier alpha value is -1.14. The van der Waals surface area contributed by atoms with E-state index >= 15 is 0 Å². The number of carboxylic acids is 1. The summed E-state index contributed by atoms with van der Waals surface area (Å²) in [5, 5.41) is 8.98. The molecule has 0 bridgehead atoms. The first-order valence-electron chi connectivity index (χ1n) is 6.93. The maximum Gasteiger partial charge on any atom is 0.334 e. The number of hydrogen-bond donors (Lipinski definition) is 2. The Labute approximate surface area is 112 Å². The van der Waals surface area contributed by atoms with Crippen molar-refractivity contribution in [2.45, 2.75) is 38.2 Å². The van der Waals surface area contributed by atoms with Gasteiger partial charge in [0.2, 0.25) is 5.91 Å². The summed E-state index contributed by atoms with van der Waals surface area (Å²) in [6.45, 7) is 1.23. The van der Waals surface area contributed by atoms with Crippen LogP contribution in [0.15, 0.2) is 0 Å². The van der Waals surface area contributed by atoms with Gasteiger partial charge in [0.25, 0.3) is 0 Å². The van der Waals surface area contributed by atoms with Crippen molar-refractivity contribution in [3.8, 4) is 0 Å². The van der Waals surface area contributed by atoms with Gasteiger partial charge in [0.1, 0.15) is 0 Å². The predicted octanol–water partition coefficient (Wildman–Crippen LogP) is 0.208. The van der Waals surface area contributed by atoms with Crippen LogP contribution in [0.4, 0.5) is 0 Å². The number of ether oxygens (including phenoxy) is 1. The van der Waals surface area contributed by atoms with E-state index in [0.717, 1.165) is 32.1 Å². The van der Waals surface area contributed by atoms with E-state index in [9.17, 15) is 9.59 Å². The lowest BCUT2D eigenvalue weighted by molar-refractivity contribution is -0.163. The van der Waals surface area contributed by atoms with Crippen LogP contribution in [0.2, 0.25) is 0 Å². The Morgan fingerprint density at radius 2 is 2.00 bits per heavy atom. The van der Waals surface area contributed by atoms with Crippen LogP contribution in [0, 0.1) is 5.41 Å². The van der Waals surface area contributed by atoms with E-state index in [4.69, 9.17) is 15.6 Å². The molecule has 1 heterocycles. The van der Waals surface area contributed by atoms with Crippen molar-refractivity contribution in [2.75, 3.05) is 26.2 Å². The second-order valence-electron chi connectivity index (χ2n) is 5.49. The normalized spacial score (nSPS) is 27.0. The number of carbonyl (C=O) groups excluding carboxylic acids is 1. The predicted molar refractivity (Wildman–Crippen MR) is 68.5 cm³/mol. The topological polar surface area (TPSA) is 92.9 Å². The first-order valence-corrected chi connectivity index (χ1v) is 6.93. The van der Waals surface area contributed by atoms with Crippen molar-refractivity contribution < 1.29 is 19.4 Å². The summed E-state index contributed by atoms with van der Waals surface area (Å²) in [6.07, 6.45) is 3.92.